The first-order valence-electron chi connectivity index (χ1n) is 5.54. The molecule has 0 aliphatic carbocycles. The number of nitrogens with one attached hydrogen (secondary N) is 1. The molecule has 0 radical (unpaired) electrons. The smallest absolute Gasteiger partial charge is 0.322 e. The van der Waals surface area contributed by atoms with E-state index in [9.17, 15) is 9.59 Å². The van der Waals surface area contributed by atoms with Crippen LogP contribution in [-0.2, 0) is 4.79 Å². The van der Waals surface area contributed by atoms with Crippen LogP contribution in [0.4, 0.5) is 10.5 Å². The molecule has 5 nitrogen and oxygen atoms in total. The lowest BCUT2D eigenvalue weighted by Crippen LogP contribution is -2.35. The molecule has 1 aliphatic rings. The number of carbonyl (C=O) groups is 2. The molecular formula is C12H13BrN2O3. The highest BCUT2D eigenvalue weighted by atomic mass is 79.9. The number of halogens is 1. The van der Waals surface area contributed by atoms with Gasteiger partial charge in [0.15, 0.2) is 0 Å². The van der Waals surface area contributed by atoms with Gasteiger partial charge in [-0.05, 0) is 40.5 Å². The number of carbonyl (C=O) groups excluding carboxylic acids is 1. The fourth-order valence-electron chi connectivity index (χ4n) is 2.03. The van der Waals surface area contributed by atoms with Crippen molar-refractivity contribution in [3.63, 3.8) is 0 Å². The van der Waals surface area contributed by atoms with Crippen molar-refractivity contribution >= 4 is 33.6 Å². The average Bonchev–Trinajstić information content (AvgIpc) is 2.60. The molecule has 1 aromatic carbocycles. The fraction of sp³-hybridized carbons (Fsp3) is 0.333. The lowest BCUT2D eigenvalue weighted by molar-refractivity contribution is -0.137. The van der Waals surface area contributed by atoms with Crippen molar-refractivity contribution < 1.29 is 14.7 Å². The Balaban J connectivity index is 2.33. The van der Waals surface area contributed by atoms with E-state index < -0.39 is 5.97 Å². The topological polar surface area (TPSA) is 69.6 Å². The zero-order valence-electron chi connectivity index (χ0n) is 9.81. The van der Waals surface area contributed by atoms with Crippen molar-refractivity contribution in [1.29, 1.82) is 0 Å². The molecule has 1 fully saturated rings. The van der Waals surface area contributed by atoms with E-state index >= 15 is 0 Å². The van der Waals surface area contributed by atoms with Gasteiger partial charge in [0.25, 0.3) is 0 Å². The van der Waals surface area contributed by atoms with Crippen molar-refractivity contribution in [3.05, 3.63) is 28.2 Å². The largest absolute Gasteiger partial charge is 0.481 e. The van der Waals surface area contributed by atoms with Crippen LogP contribution in [0.5, 0.6) is 0 Å². The highest BCUT2D eigenvalue weighted by Gasteiger charge is 2.34. The zero-order chi connectivity index (χ0) is 13.3. The number of hydrogen-bond donors (Lipinski definition) is 2. The number of nitrogens with zero attached hydrogens (tertiary/aromatic N) is 1. The van der Waals surface area contributed by atoms with Gasteiger partial charge in [-0.25, -0.2) is 4.79 Å². The SMILES string of the molecule is Cc1ccc(N2C(=O)NCC2CC(=O)O)c(Br)c1. The number of carboxylic acid groups (broad SMARTS) is 1. The number of hydrogen-bond acceptors (Lipinski definition) is 2. The second kappa shape index (κ2) is 4.97. The molecule has 1 saturated heterocycles. The number of amides is 2. The molecule has 1 aromatic rings. The van der Waals surface area contributed by atoms with Gasteiger partial charge in [-0.15, -0.1) is 0 Å². The van der Waals surface area contributed by atoms with Crippen molar-refractivity contribution in [2.24, 2.45) is 0 Å². The number of aryl methyl sites for hydroxylation is 1. The molecular weight excluding hydrogens is 300 g/mol. The summed E-state index contributed by atoms with van der Waals surface area (Å²) in [7, 11) is 0. The molecule has 0 spiro atoms. The van der Waals surface area contributed by atoms with Gasteiger partial charge in [-0.1, -0.05) is 6.07 Å². The molecule has 2 amide bonds. The standard InChI is InChI=1S/C12H13BrN2O3/c1-7-2-3-10(9(13)4-7)15-8(5-11(16)17)6-14-12(15)18/h2-4,8H,5-6H2,1H3,(H,14,18)(H,16,17). The number of benzene rings is 1. The number of anilines is 1. The Labute approximate surface area is 113 Å². The van der Waals surface area contributed by atoms with Gasteiger partial charge in [0.1, 0.15) is 0 Å². The predicted molar refractivity (Wildman–Crippen MR) is 70.8 cm³/mol. The monoisotopic (exact) mass is 312 g/mol. The molecule has 1 unspecified atom stereocenters. The fourth-order valence-corrected chi connectivity index (χ4v) is 2.71. The quantitative estimate of drug-likeness (QED) is 0.898. The summed E-state index contributed by atoms with van der Waals surface area (Å²) < 4.78 is 0.787. The molecule has 0 bridgehead atoms. The van der Waals surface area contributed by atoms with Gasteiger partial charge >= 0.3 is 12.0 Å². The number of rotatable bonds is 3. The summed E-state index contributed by atoms with van der Waals surface area (Å²) in [4.78, 5) is 24.1. The Kier molecular flexibility index (Phi) is 3.56. The van der Waals surface area contributed by atoms with Crippen LogP contribution >= 0.6 is 15.9 Å². The minimum absolute atomic E-state index is 0.0704. The first-order valence-corrected chi connectivity index (χ1v) is 6.33. The Morgan fingerprint density at radius 2 is 2.33 bits per heavy atom. The van der Waals surface area contributed by atoms with E-state index in [4.69, 9.17) is 5.11 Å². The summed E-state index contributed by atoms with van der Waals surface area (Å²) >= 11 is 3.41. The summed E-state index contributed by atoms with van der Waals surface area (Å²) in [6, 6.07) is 5.00. The molecule has 0 aromatic heterocycles. The summed E-state index contributed by atoms with van der Waals surface area (Å²) in [6.45, 7) is 2.30. The van der Waals surface area contributed by atoms with Gasteiger partial charge in [0.2, 0.25) is 0 Å². The number of aliphatic carboxylic acids is 1. The second-order valence-electron chi connectivity index (χ2n) is 4.26. The third-order valence-electron chi connectivity index (χ3n) is 2.85. The molecule has 2 N–H and O–H groups in total. The maximum Gasteiger partial charge on any atom is 0.322 e. The summed E-state index contributed by atoms with van der Waals surface area (Å²) in [5.41, 5.74) is 1.77. The third kappa shape index (κ3) is 2.48. The summed E-state index contributed by atoms with van der Waals surface area (Å²) in [6.07, 6.45) is -0.0704. The molecule has 1 heterocycles. The maximum absolute atomic E-state index is 11.8. The number of urea groups is 1. The zero-order valence-corrected chi connectivity index (χ0v) is 11.4. The normalized spacial score (nSPS) is 18.9. The van der Waals surface area contributed by atoms with Crippen LogP contribution in [0.2, 0.25) is 0 Å². The van der Waals surface area contributed by atoms with E-state index in [1.54, 1.807) is 0 Å². The number of carboxylic acids is 1. The highest BCUT2D eigenvalue weighted by Crippen LogP contribution is 2.31. The third-order valence-corrected chi connectivity index (χ3v) is 3.48. The molecule has 18 heavy (non-hydrogen) atoms. The Morgan fingerprint density at radius 1 is 1.61 bits per heavy atom. The van der Waals surface area contributed by atoms with E-state index in [1.807, 2.05) is 25.1 Å². The average molecular weight is 313 g/mol. The minimum atomic E-state index is -0.912. The Morgan fingerprint density at radius 3 is 2.94 bits per heavy atom. The van der Waals surface area contributed by atoms with E-state index in [1.165, 1.54) is 4.90 Å². The molecule has 6 heteroatoms. The Bertz CT molecular complexity index is 504. The molecule has 96 valence electrons. The van der Waals surface area contributed by atoms with Crippen LogP contribution < -0.4 is 10.2 Å². The highest BCUT2D eigenvalue weighted by molar-refractivity contribution is 9.10. The van der Waals surface area contributed by atoms with Crippen LogP contribution in [0.3, 0.4) is 0 Å². The van der Waals surface area contributed by atoms with Gasteiger partial charge in [-0.3, -0.25) is 9.69 Å². The minimum Gasteiger partial charge on any atom is -0.481 e. The molecule has 1 aliphatic heterocycles. The van der Waals surface area contributed by atoms with Crippen LogP contribution in [0.1, 0.15) is 12.0 Å². The summed E-state index contributed by atoms with van der Waals surface area (Å²) in [5, 5.41) is 11.5. The second-order valence-corrected chi connectivity index (χ2v) is 5.12. The van der Waals surface area contributed by atoms with Gasteiger partial charge in [0, 0.05) is 11.0 Å². The predicted octanol–water partition coefficient (Wildman–Crippen LogP) is 2.13. The first kappa shape index (κ1) is 12.9. The van der Waals surface area contributed by atoms with E-state index in [-0.39, 0.29) is 18.5 Å². The Hall–Kier alpha value is -1.56. The van der Waals surface area contributed by atoms with E-state index in [0.717, 1.165) is 10.0 Å². The summed E-state index contributed by atoms with van der Waals surface area (Å²) in [5.74, 6) is -0.912. The molecule has 1 atom stereocenters. The van der Waals surface area contributed by atoms with E-state index in [2.05, 4.69) is 21.2 Å². The maximum atomic E-state index is 11.8. The van der Waals surface area contributed by atoms with Crippen molar-refractivity contribution in [1.82, 2.24) is 5.32 Å². The van der Waals surface area contributed by atoms with Gasteiger partial charge in [0.05, 0.1) is 18.2 Å². The van der Waals surface area contributed by atoms with Crippen molar-refractivity contribution in [3.8, 4) is 0 Å². The van der Waals surface area contributed by atoms with Gasteiger partial charge in [-0.2, -0.15) is 0 Å². The van der Waals surface area contributed by atoms with Crippen LogP contribution in [0, 0.1) is 6.92 Å². The lowest BCUT2D eigenvalue weighted by Gasteiger charge is -2.23. The van der Waals surface area contributed by atoms with Crippen molar-refractivity contribution in [2.45, 2.75) is 19.4 Å². The van der Waals surface area contributed by atoms with Crippen molar-refractivity contribution in [2.75, 3.05) is 11.4 Å². The van der Waals surface area contributed by atoms with E-state index in [0.29, 0.717) is 12.2 Å². The van der Waals surface area contributed by atoms with Crippen LogP contribution in [0.15, 0.2) is 22.7 Å². The van der Waals surface area contributed by atoms with Crippen LogP contribution in [0.25, 0.3) is 0 Å². The first-order chi connectivity index (χ1) is 8.49. The lowest BCUT2D eigenvalue weighted by atomic mass is 10.1. The van der Waals surface area contributed by atoms with Crippen LogP contribution in [-0.4, -0.2) is 29.7 Å². The molecule has 2 rings (SSSR count). The molecule has 0 saturated carbocycles. The van der Waals surface area contributed by atoms with Gasteiger partial charge < -0.3 is 10.4 Å².